The van der Waals surface area contributed by atoms with Gasteiger partial charge in [-0.1, -0.05) is 30.3 Å². The number of amides is 1. The van der Waals surface area contributed by atoms with E-state index < -0.39 is 10.0 Å². The first-order chi connectivity index (χ1) is 15.8. The van der Waals surface area contributed by atoms with Crippen LogP contribution in [0, 0.1) is 20.8 Å². The molecule has 0 saturated carbocycles. The number of para-hydroxylation sites is 1. The molecule has 0 atom stereocenters. The fraction of sp³-hybridized carbons (Fsp3) is 0.269. The molecule has 0 spiro atoms. The lowest BCUT2D eigenvalue weighted by Crippen LogP contribution is -2.35. The summed E-state index contributed by atoms with van der Waals surface area (Å²) in [6, 6.07) is 18.2. The SMILES string of the molecule is Cc1ccc(C)c(NC(=O)COc2ccc(S(=O)(=O)N3CCCc4ccccc43)cc2C)c1. The molecule has 1 aliphatic heterocycles. The van der Waals surface area contributed by atoms with E-state index in [1.165, 1.54) is 10.4 Å². The summed E-state index contributed by atoms with van der Waals surface area (Å²) in [6.45, 7) is 5.96. The molecule has 1 heterocycles. The summed E-state index contributed by atoms with van der Waals surface area (Å²) in [5, 5.41) is 2.86. The second-order valence-electron chi connectivity index (χ2n) is 8.39. The van der Waals surface area contributed by atoms with Crippen LogP contribution in [0.3, 0.4) is 0 Å². The van der Waals surface area contributed by atoms with Crippen LogP contribution < -0.4 is 14.4 Å². The van der Waals surface area contributed by atoms with Crippen molar-refractivity contribution in [2.45, 2.75) is 38.5 Å². The minimum absolute atomic E-state index is 0.167. The van der Waals surface area contributed by atoms with Gasteiger partial charge in [0.15, 0.2) is 6.61 Å². The molecule has 0 aliphatic carbocycles. The molecule has 0 aromatic heterocycles. The maximum Gasteiger partial charge on any atom is 0.264 e. The molecule has 3 aromatic rings. The molecule has 4 rings (SSSR count). The highest BCUT2D eigenvalue weighted by Gasteiger charge is 2.29. The van der Waals surface area contributed by atoms with Gasteiger partial charge < -0.3 is 10.1 Å². The summed E-state index contributed by atoms with van der Waals surface area (Å²) in [7, 11) is -3.70. The van der Waals surface area contributed by atoms with E-state index in [-0.39, 0.29) is 17.4 Å². The minimum atomic E-state index is -3.70. The maximum absolute atomic E-state index is 13.4. The molecule has 7 heteroatoms. The molecule has 1 N–H and O–H groups in total. The van der Waals surface area contributed by atoms with E-state index in [1.807, 2.05) is 56.3 Å². The van der Waals surface area contributed by atoms with Gasteiger partial charge in [0.05, 0.1) is 10.6 Å². The molecule has 0 fully saturated rings. The van der Waals surface area contributed by atoms with Crippen LogP contribution in [-0.4, -0.2) is 27.5 Å². The van der Waals surface area contributed by atoms with Crippen molar-refractivity contribution in [2.75, 3.05) is 22.8 Å². The van der Waals surface area contributed by atoms with Crippen LogP contribution in [0.15, 0.2) is 65.6 Å². The zero-order valence-electron chi connectivity index (χ0n) is 19.1. The van der Waals surface area contributed by atoms with Crippen LogP contribution in [-0.2, 0) is 21.2 Å². The Labute approximate surface area is 195 Å². The molecule has 1 aliphatic rings. The van der Waals surface area contributed by atoms with Gasteiger partial charge in [-0.15, -0.1) is 0 Å². The topological polar surface area (TPSA) is 75.7 Å². The number of hydrogen-bond acceptors (Lipinski definition) is 4. The van der Waals surface area contributed by atoms with Gasteiger partial charge in [-0.3, -0.25) is 9.10 Å². The normalized spacial score (nSPS) is 13.4. The number of hydrogen-bond donors (Lipinski definition) is 1. The van der Waals surface area contributed by atoms with Crippen LogP contribution in [0.4, 0.5) is 11.4 Å². The van der Waals surface area contributed by atoms with Crippen molar-refractivity contribution in [3.05, 3.63) is 82.9 Å². The zero-order chi connectivity index (χ0) is 23.6. The van der Waals surface area contributed by atoms with E-state index in [0.717, 1.165) is 40.9 Å². The van der Waals surface area contributed by atoms with Crippen molar-refractivity contribution in [3.63, 3.8) is 0 Å². The molecule has 172 valence electrons. The number of fused-ring (bicyclic) bond motifs is 1. The quantitative estimate of drug-likeness (QED) is 0.570. The largest absolute Gasteiger partial charge is 0.483 e. The van der Waals surface area contributed by atoms with Crippen molar-refractivity contribution < 1.29 is 17.9 Å². The first kappa shape index (κ1) is 22.9. The van der Waals surface area contributed by atoms with Gasteiger partial charge in [0.1, 0.15) is 5.75 Å². The number of rotatable bonds is 6. The number of carbonyl (C=O) groups excluding carboxylic acids is 1. The Morgan fingerprint density at radius 3 is 2.58 bits per heavy atom. The second kappa shape index (κ2) is 9.27. The van der Waals surface area contributed by atoms with E-state index in [4.69, 9.17) is 4.74 Å². The van der Waals surface area contributed by atoms with Crippen molar-refractivity contribution in [3.8, 4) is 5.75 Å². The van der Waals surface area contributed by atoms with Crippen LogP contribution in [0.25, 0.3) is 0 Å². The molecule has 0 saturated heterocycles. The number of carbonyl (C=O) groups is 1. The summed E-state index contributed by atoms with van der Waals surface area (Å²) >= 11 is 0. The van der Waals surface area contributed by atoms with E-state index in [9.17, 15) is 13.2 Å². The Morgan fingerprint density at radius 2 is 1.79 bits per heavy atom. The smallest absolute Gasteiger partial charge is 0.264 e. The van der Waals surface area contributed by atoms with Crippen molar-refractivity contribution in [1.82, 2.24) is 0 Å². The van der Waals surface area contributed by atoms with Gasteiger partial charge in [0, 0.05) is 12.2 Å². The van der Waals surface area contributed by atoms with E-state index in [1.54, 1.807) is 19.1 Å². The first-order valence-electron chi connectivity index (χ1n) is 11.0. The Morgan fingerprint density at radius 1 is 1.00 bits per heavy atom. The van der Waals surface area contributed by atoms with Crippen molar-refractivity contribution in [1.29, 1.82) is 0 Å². The average Bonchev–Trinajstić information content (AvgIpc) is 2.80. The Balaban J connectivity index is 1.47. The predicted molar refractivity (Wildman–Crippen MR) is 131 cm³/mol. The first-order valence-corrected chi connectivity index (χ1v) is 12.4. The third kappa shape index (κ3) is 4.88. The molecule has 1 amide bonds. The number of anilines is 2. The molecule has 6 nitrogen and oxygen atoms in total. The maximum atomic E-state index is 13.4. The third-order valence-electron chi connectivity index (χ3n) is 5.83. The molecular weight excluding hydrogens is 436 g/mol. The lowest BCUT2D eigenvalue weighted by molar-refractivity contribution is -0.118. The van der Waals surface area contributed by atoms with Crippen LogP contribution in [0.5, 0.6) is 5.75 Å². The van der Waals surface area contributed by atoms with E-state index in [2.05, 4.69) is 5.32 Å². The highest BCUT2D eigenvalue weighted by Crippen LogP contribution is 2.33. The van der Waals surface area contributed by atoms with Gasteiger partial charge in [0.2, 0.25) is 0 Å². The lowest BCUT2D eigenvalue weighted by Gasteiger charge is -2.30. The second-order valence-corrected chi connectivity index (χ2v) is 10.3. The fourth-order valence-corrected chi connectivity index (χ4v) is 5.65. The van der Waals surface area contributed by atoms with E-state index in [0.29, 0.717) is 17.9 Å². The number of benzene rings is 3. The van der Waals surface area contributed by atoms with Gasteiger partial charge in [-0.25, -0.2) is 8.42 Å². The number of nitrogens with zero attached hydrogens (tertiary/aromatic N) is 1. The Kier molecular flexibility index (Phi) is 6.42. The summed E-state index contributed by atoms with van der Waals surface area (Å²) in [6.07, 6.45) is 1.66. The fourth-order valence-electron chi connectivity index (χ4n) is 4.02. The van der Waals surface area contributed by atoms with Crippen LogP contribution in [0.1, 0.15) is 28.7 Å². The number of nitrogens with one attached hydrogen (secondary N) is 1. The zero-order valence-corrected chi connectivity index (χ0v) is 19.9. The number of aryl methyl sites for hydroxylation is 4. The molecule has 3 aromatic carbocycles. The number of ether oxygens (including phenoxy) is 1. The van der Waals surface area contributed by atoms with Gasteiger partial charge >= 0.3 is 0 Å². The highest BCUT2D eigenvalue weighted by atomic mass is 32.2. The van der Waals surface area contributed by atoms with Crippen LogP contribution >= 0.6 is 0 Å². The Hall–Kier alpha value is -3.32. The summed E-state index contributed by atoms with van der Waals surface area (Å²) in [4.78, 5) is 12.6. The van der Waals surface area contributed by atoms with E-state index >= 15 is 0 Å². The third-order valence-corrected chi connectivity index (χ3v) is 7.64. The van der Waals surface area contributed by atoms with Gasteiger partial charge in [0.25, 0.3) is 15.9 Å². The molecule has 0 bridgehead atoms. The lowest BCUT2D eigenvalue weighted by atomic mass is 10.0. The predicted octanol–water partition coefficient (Wildman–Crippen LogP) is 4.77. The summed E-state index contributed by atoms with van der Waals surface area (Å²) in [5.41, 5.74) is 5.22. The van der Waals surface area contributed by atoms with Crippen molar-refractivity contribution in [2.24, 2.45) is 0 Å². The average molecular weight is 465 g/mol. The monoisotopic (exact) mass is 464 g/mol. The number of sulfonamides is 1. The Bertz CT molecular complexity index is 1300. The van der Waals surface area contributed by atoms with Crippen molar-refractivity contribution >= 4 is 27.3 Å². The molecular formula is C26H28N2O4S. The summed E-state index contributed by atoms with van der Waals surface area (Å²) < 4.78 is 33.9. The van der Waals surface area contributed by atoms with Gasteiger partial charge in [-0.2, -0.15) is 0 Å². The molecule has 33 heavy (non-hydrogen) atoms. The minimum Gasteiger partial charge on any atom is -0.483 e. The molecule has 0 unspecified atom stereocenters. The molecule has 0 radical (unpaired) electrons. The summed E-state index contributed by atoms with van der Waals surface area (Å²) in [5.74, 6) is 0.203. The highest BCUT2D eigenvalue weighted by molar-refractivity contribution is 7.92. The van der Waals surface area contributed by atoms with Gasteiger partial charge in [-0.05, 0) is 86.2 Å². The standard InChI is InChI=1S/C26H28N2O4S/c1-18-10-11-19(2)23(15-18)27-26(29)17-32-25-13-12-22(16-20(25)3)33(30,31)28-14-6-8-21-7-4-5-9-24(21)28/h4-5,7,9-13,15-16H,6,8,14,17H2,1-3H3,(H,27,29). The van der Waals surface area contributed by atoms with Crippen LogP contribution in [0.2, 0.25) is 0 Å².